The summed E-state index contributed by atoms with van der Waals surface area (Å²) >= 11 is 0. The Bertz CT molecular complexity index is 1010. The van der Waals surface area contributed by atoms with E-state index >= 15 is 0 Å². The van der Waals surface area contributed by atoms with Crippen molar-refractivity contribution >= 4 is 11.9 Å². The third-order valence-electron chi connectivity index (χ3n) is 6.93. The van der Waals surface area contributed by atoms with Gasteiger partial charge in [-0.15, -0.1) is 0 Å². The van der Waals surface area contributed by atoms with Gasteiger partial charge in [-0.2, -0.15) is 0 Å². The molecule has 0 radical (unpaired) electrons. The summed E-state index contributed by atoms with van der Waals surface area (Å²) in [5.41, 5.74) is 3.16. The van der Waals surface area contributed by atoms with Crippen LogP contribution in [0.4, 0.5) is 0 Å². The Morgan fingerprint density at radius 2 is 0.878 bits per heavy atom. The molecule has 41 heavy (non-hydrogen) atoms. The highest BCUT2D eigenvalue weighted by atomic mass is 16.5. The molecule has 0 aliphatic carbocycles. The summed E-state index contributed by atoms with van der Waals surface area (Å²) in [7, 11) is 0. The van der Waals surface area contributed by atoms with Crippen molar-refractivity contribution in [2.45, 2.75) is 84.5 Å². The summed E-state index contributed by atoms with van der Waals surface area (Å²) in [5, 5.41) is 0. The third-order valence-corrected chi connectivity index (χ3v) is 6.93. The summed E-state index contributed by atoms with van der Waals surface area (Å²) in [6.07, 6.45) is 7.70. The predicted octanol–water partition coefficient (Wildman–Crippen LogP) is 8.13. The Hall–Kier alpha value is -3.54. The van der Waals surface area contributed by atoms with Gasteiger partial charge in [0.15, 0.2) is 0 Å². The first-order chi connectivity index (χ1) is 19.6. The molecule has 0 amide bonds. The van der Waals surface area contributed by atoms with Gasteiger partial charge in [0.2, 0.25) is 0 Å². The van der Waals surface area contributed by atoms with Gasteiger partial charge in [0.05, 0.1) is 26.4 Å². The van der Waals surface area contributed by atoms with Gasteiger partial charge in [-0.25, -0.2) is 9.59 Å². The van der Waals surface area contributed by atoms with E-state index in [-0.39, 0.29) is 17.4 Å². The average Bonchev–Trinajstić information content (AvgIpc) is 2.95. The first-order valence-electron chi connectivity index (χ1n) is 14.7. The maximum absolute atomic E-state index is 11.4. The standard InChI is InChI=1S/C35H48O6/c1-27(2)33(36)40-25-13-9-7-11-23-38-31-19-15-29(16-20-31)35(5,6)30-17-21-32(22-18-30)39-24-12-8-10-14-26-41-34(37)28(3)4/h15-22H,1,3,7-14,23-26H2,2,4-6H3. The fourth-order valence-corrected chi connectivity index (χ4v) is 4.17. The molecule has 6 nitrogen and oxygen atoms in total. The molecule has 0 spiro atoms. The number of unbranched alkanes of at least 4 members (excludes halogenated alkanes) is 6. The Morgan fingerprint density at radius 3 is 1.20 bits per heavy atom. The largest absolute Gasteiger partial charge is 0.494 e. The smallest absolute Gasteiger partial charge is 0.333 e. The molecule has 2 aromatic rings. The van der Waals surface area contributed by atoms with Gasteiger partial charge < -0.3 is 18.9 Å². The van der Waals surface area contributed by atoms with Gasteiger partial charge in [-0.1, -0.05) is 51.3 Å². The fourth-order valence-electron chi connectivity index (χ4n) is 4.17. The zero-order chi connectivity index (χ0) is 30.1. The van der Waals surface area contributed by atoms with E-state index in [0.717, 1.165) is 62.9 Å². The van der Waals surface area contributed by atoms with Gasteiger partial charge in [0.25, 0.3) is 0 Å². The topological polar surface area (TPSA) is 71.1 Å². The number of hydrogen-bond donors (Lipinski definition) is 0. The summed E-state index contributed by atoms with van der Waals surface area (Å²) in [4.78, 5) is 22.7. The Balaban J connectivity index is 1.66. The summed E-state index contributed by atoms with van der Waals surface area (Å²) < 4.78 is 22.1. The van der Waals surface area contributed by atoms with Gasteiger partial charge in [0.1, 0.15) is 11.5 Å². The van der Waals surface area contributed by atoms with Gasteiger partial charge in [-0.05, 0) is 101 Å². The lowest BCUT2D eigenvalue weighted by molar-refractivity contribution is -0.139. The molecule has 0 aliphatic heterocycles. The maximum Gasteiger partial charge on any atom is 0.333 e. The molecule has 6 heteroatoms. The Labute approximate surface area is 246 Å². The number of ether oxygens (including phenoxy) is 4. The zero-order valence-corrected chi connectivity index (χ0v) is 25.5. The van der Waals surface area contributed by atoms with Crippen LogP contribution in [-0.2, 0) is 24.5 Å². The normalized spacial score (nSPS) is 11.0. The lowest BCUT2D eigenvalue weighted by atomic mass is 9.78. The van der Waals surface area contributed by atoms with E-state index < -0.39 is 0 Å². The highest BCUT2D eigenvalue weighted by Crippen LogP contribution is 2.33. The van der Waals surface area contributed by atoms with Crippen molar-refractivity contribution in [2.24, 2.45) is 0 Å². The van der Waals surface area contributed by atoms with Crippen molar-refractivity contribution in [3.63, 3.8) is 0 Å². The first-order valence-corrected chi connectivity index (χ1v) is 14.7. The highest BCUT2D eigenvalue weighted by molar-refractivity contribution is 5.87. The van der Waals surface area contributed by atoms with Crippen LogP contribution in [0, 0.1) is 0 Å². The molecular formula is C35H48O6. The predicted molar refractivity (Wildman–Crippen MR) is 164 cm³/mol. The number of benzene rings is 2. The van der Waals surface area contributed by atoms with Crippen LogP contribution < -0.4 is 9.47 Å². The fraction of sp³-hybridized carbons (Fsp3) is 0.486. The second kappa shape index (κ2) is 18.0. The molecule has 0 saturated carbocycles. The van der Waals surface area contributed by atoms with E-state index in [0.29, 0.717) is 37.6 Å². The molecule has 0 fully saturated rings. The van der Waals surface area contributed by atoms with Crippen LogP contribution in [0.1, 0.15) is 90.2 Å². The molecule has 0 atom stereocenters. The van der Waals surface area contributed by atoms with Crippen molar-refractivity contribution < 1.29 is 28.5 Å². The molecule has 0 aromatic heterocycles. The summed E-state index contributed by atoms with van der Waals surface area (Å²) in [6, 6.07) is 16.7. The van der Waals surface area contributed by atoms with Gasteiger partial charge in [0, 0.05) is 16.6 Å². The van der Waals surface area contributed by atoms with E-state index in [1.54, 1.807) is 13.8 Å². The molecule has 0 aliphatic rings. The van der Waals surface area contributed by atoms with Crippen molar-refractivity contribution in [3.05, 3.63) is 84.0 Å². The Kier molecular flexibility index (Phi) is 14.8. The maximum atomic E-state index is 11.4. The minimum atomic E-state index is -0.317. The lowest BCUT2D eigenvalue weighted by Gasteiger charge is -2.26. The molecule has 2 aromatic carbocycles. The number of carbonyl (C=O) groups is 2. The molecule has 0 bridgehead atoms. The van der Waals surface area contributed by atoms with Crippen LogP contribution in [0.25, 0.3) is 0 Å². The molecule has 0 N–H and O–H groups in total. The number of esters is 2. The van der Waals surface area contributed by atoms with E-state index in [9.17, 15) is 9.59 Å². The second-order valence-electron chi connectivity index (χ2n) is 11.0. The molecule has 0 unspecified atom stereocenters. The van der Waals surface area contributed by atoms with E-state index in [4.69, 9.17) is 18.9 Å². The third kappa shape index (κ3) is 12.7. The van der Waals surface area contributed by atoms with Crippen LogP contribution in [0.2, 0.25) is 0 Å². The average molecular weight is 565 g/mol. The van der Waals surface area contributed by atoms with Gasteiger partial charge in [-0.3, -0.25) is 0 Å². The number of hydrogen-bond acceptors (Lipinski definition) is 6. The molecule has 224 valence electrons. The van der Waals surface area contributed by atoms with E-state index in [1.165, 1.54) is 11.1 Å². The SMILES string of the molecule is C=C(C)C(=O)OCCCCCCOc1ccc(C(C)(C)c2ccc(OCCCCCCOC(=O)C(=C)C)cc2)cc1. The van der Waals surface area contributed by atoms with Crippen molar-refractivity contribution in [2.75, 3.05) is 26.4 Å². The lowest BCUT2D eigenvalue weighted by Crippen LogP contribution is -2.18. The van der Waals surface area contributed by atoms with Crippen LogP contribution in [0.15, 0.2) is 72.8 Å². The quantitative estimate of drug-likeness (QED) is 0.0919. The molecule has 0 saturated heterocycles. The highest BCUT2D eigenvalue weighted by Gasteiger charge is 2.23. The second-order valence-corrected chi connectivity index (χ2v) is 11.0. The van der Waals surface area contributed by atoms with Crippen molar-refractivity contribution in [1.29, 1.82) is 0 Å². The minimum Gasteiger partial charge on any atom is -0.494 e. The summed E-state index contributed by atoms with van der Waals surface area (Å²) in [6.45, 7) is 17.1. The number of rotatable bonds is 20. The van der Waals surface area contributed by atoms with Crippen LogP contribution in [-0.4, -0.2) is 38.4 Å². The van der Waals surface area contributed by atoms with Crippen molar-refractivity contribution in [1.82, 2.24) is 0 Å². The van der Waals surface area contributed by atoms with Crippen LogP contribution >= 0.6 is 0 Å². The monoisotopic (exact) mass is 564 g/mol. The molecular weight excluding hydrogens is 516 g/mol. The first kappa shape index (κ1) is 33.7. The van der Waals surface area contributed by atoms with Crippen LogP contribution in [0.3, 0.4) is 0 Å². The Morgan fingerprint density at radius 1 is 0.561 bits per heavy atom. The molecule has 2 rings (SSSR count). The van der Waals surface area contributed by atoms with Crippen LogP contribution in [0.5, 0.6) is 11.5 Å². The number of carbonyl (C=O) groups excluding carboxylic acids is 2. The zero-order valence-electron chi connectivity index (χ0n) is 25.5. The summed E-state index contributed by atoms with van der Waals surface area (Å²) in [5.74, 6) is 1.11. The van der Waals surface area contributed by atoms with E-state index in [2.05, 4.69) is 51.3 Å². The minimum absolute atomic E-state index is 0.155. The van der Waals surface area contributed by atoms with E-state index in [1.807, 2.05) is 24.3 Å². The van der Waals surface area contributed by atoms with Crippen molar-refractivity contribution in [3.8, 4) is 11.5 Å². The molecule has 0 heterocycles. The van der Waals surface area contributed by atoms with Gasteiger partial charge >= 0.3 is 11.9 Å².